The van der Waals surface area contributed by atoms with Crippen LogP contribution in [0.2, 0.25) is 0 Å². The Hall–Kier alpha value is -0.120. The highest BCUT2D eigenvalue weighted by molar-refractivity contribution is 4.83. The van der Waals surface area contributed by atoms with E-state index in [1.54, 1.807) is 0 Å². The lowest BCUT2D eigenvalue weighted by Gasteiger charge is -2.32. The molecule has 1 atom stereocenters. The second kappa shape index (κ2) is 6.38. The van der Waals surface area contributed by atoms with E-state index in [2.05, 4.69) is 31.1 Å². The van der Waals surface area contributed by atoms with E-state index < -0.39 is 0 Å². The van der Waals surface area contributed by atoms with E-state index in [1.807, 2.05) is 14.0 Å². The minimum absolute atomic E-state index is 0.175. The maximum absolute atomic E-state index is 9.22. The zero-order valence-electron chi connectivity index (χ0n) is 10.3. The van der Waals surface area contributed by atoms with Crippen molar-refractivity contribution >= 4 is 0 Å². The Morgan fingerprint density at radius 1 is 1.43 bits per heavy atom. The van der Waals surface area contributed by atoms with Crippen molar-refractivity contribution in [2.75, 3.05) is 33.8 Å². The van der Waals surface area contributed by atoms with Gasteiger partial charge in [-0.05, 0) is 39.9 Å². The van der Waals surface area contributed by atoms with Crippen LogP contribution < -0.4 is 5.32 Å². The Balaban J connectivity index is 3.85. The summed E-state index contributed by atoms with van der Waals surface area (Å²) in [4.78, 5) is 2.27. The van der Waals surface area contributed by atoms with Gasteiger partial charge in [0, 0.05) is 6.54 Å². The molecule has 0 bridgehead atoms. The normalized spacial score (nSPS) is 16.3. The monoisotopic (exact) mass is 202 g/mol. The molecule has 0 amide bonds. The van der Waals surface area contributed by atoms with Gasteiger partial charge in [0.1, 0.15) is 0 Å². The molecule has 1 unspecified atom stereocenters. The first-order valence-electron chi connectivity index (χ1n) is 5.42. The van der Waals surface area contributed by atoms with Crippen molar-refractivity contribution in [1.29, 1.82) is 0 Å². The third-order valence-corrected chi connectivity index (χ3v) is 2.66. The van der Waals surface area contributed by atoms with Crippen LogP contribution in [0.4, 0.5) is 0 Å². The van der Waals surface area contributed by atoms with E-state index in [1.165, 1.54) is 6.42 Å². The SMILES string of the molecule is CNC(C)(CO)CN(C)CCC(C)C. The second-order valence-corrected chi connectivity index (χ2v) is 4.89. The lowest BCUT2D eigenvalue weighted by Crippen LogP contribution is -2.51. The third kappa shape index (κ3) is 5.58. The van der Waals surface area contributed by atoms with E-state index in [0.29, 0.717) is 0 Å². The van der Waals surface area contributed by atoms with Gasteiger partial charge in [0.15, 0.2) is 0 Å². The van der Waals surface area contributed by atoms with E-state index in [0.717, 1.165) is 19.0 Å². The summed E-state index contributed by atoms with van der Waals surface area (Å²) >= 11 is 0. The third-order valence-electron chi connectivity index (χ3n) is 2.66. The Morgan fingerprint density at radius 2 is 2.00 bits per heavy atom. The van der Waals surface area contributed by atoms with Crippen LogP contribution in [0.1, 0.15) is 27.2 Å². The molecule has 0 spiro atoms. The molecule has 0 saturated carbocycles. The molecular formula is C11H26N2O. The van der Waals surface area contributed by atoms with Crippen molar-refractivity contribution in [3.8, 4) is 0 Å². The molecule has 0 aliphatic rings. The molecule has 0 aliphatic carbocycles. The van der Waals surface area contributed by atoms with Gasteiger partial charge in [-0.15, -0.1) is 0 Å². The molecule has 0 radical (unpaired) electrons. The molecule has 0 aromatic heterocycles. The lowest BCUT2D eigenvalue weighted by molar-refractivity contribution is 0.136. The summed E-state index contributed by atoms with van der Waals surface area (Å²) in [5, 5.41) is 12.4. The fourth-order valence-corrected chi connectivity index (χ4v) is 1.36. The highest BCUT2D eigenvalue weighted by atomic mass is 16.3. The number of rotatable bonds is 7. The summed E-state index contributed by atoms with van der Waals surface area (Å²) < 4.78 is 0. The largest absolute Gasteiger partial charge is 0.394 e. The van der Waals surface area contributed by atoms with Gasteiger partial charge in [-0.2, -0.15) is 0 Å². The minimum Gasteiger partial charge on any atom is -0.394 e. The average molecular weight is 202 g/mol. The lowest BCUT2D eigenvalue weighted by atomic mass is 10.0. The first kappa shape index (κ1) is 13.9. The summed E-state index contributed by atoms with van der Waals surface area (Å²) in [6, 6.07) is 0. The average Bonchev–Trinajstić information content (AvgIpc) is 2.14. The molecule has 3 nitrogen and oxygen atoms in total. The van der Waals surface area contributed by atoms with E-state index in [-0.39, 0.29) is 12.1 Å². The van der Waals surface area contributed by atoms with Crippen LogP contribution in [0.25, 0.3) is 0 Å². The fraction of sp³-hybridized carbons (Fsp3) is 1.00. The number of aliphatic hydroxyl groups excluding tert-OH is 1. The number of nitrogens with zero attached hydrogens (tertiary/aromatic N) is 1. The molecular weight excluding hydrogens is 176 g/mol. The number of aliphatic hydroxyl groups is 1. The van der Waals surface area contributed by atoms with Gasteiger partial charge in [-0.1, -0.05) is 13.8 Å². The smallest absolute Gasteiger partial charge is 0.0623 e. The molecule has 0 aliphatic heterocycles. The first-order valence-corrected chi connectivity index (χ1v) is 5.42. The maximum Gasteiger partial charge on any atom is 0.0623 e. The van der Waals surface area contributed by atoms with Crippen LogP contribution in [0, 0.1) is 5.92 Å². The Bertz CT molecular complexity index is 144. The number of nitrogens with one attached hydrogen (secondary N) is 1. The van der Waals surface area contributed by atoms with Crippen LogP contribution >= 0.6 is 0 Å². The molecule has 0 aromatic carbocycles. The van der Waals surface area contributed by atoms with Crippen molar-refractivity contribution in [3.63, 3.8) is 0 Å². The van der Waals surface area contributed by atoms with E-state index in [4.69, 9.17) is 0 Å². The Labute approximate surface area is 88.5 Å². The summed E-state index contributed by atoms with van der Waals surface area (Å²) in [7, 11) is 4.00. The molecule has 14 heavy (non-hydrogen) atoms. The van der Waals surface area contributed by atoms with Gasteiger partial charge in [-0.25, -0.2) is 0 Å². The zero-order valence-corrected chi connectivity index (χ0v) is 10.3. The van der Waals surface area contributed by atoms with Gasteiger partial charge < -0.3 is 15.3 Å². The maximum atomic E-state index is 9.22. The van der Waals surface area contributed by atoms with Crippen molar-refractivity contribution in [3.05, 3.63) is 0 Å². The van der Waals surface area contributed by atoms with Gasteiger partial charge in [-0.3, -0.25) is 0 Å². The first-order chi connectivity index (χ1) is 6.43. The summed E-state index contributed by atoms with van der Waals surface area (Å²) in [5.74, 6) is 0.743. The van der Waals surface area contributed by atoms with E-state index in [9.17, 15) is 5.11 Å². The highest BCUT2D eigenvalue weighted by Crippen LogP contribution is 2.06. The summed E-state index contributed by atoms with van der Waals surface area (Å²) in [6.45, 7) is 8.66. The van der Waals surface area contributed by atoms with Gasteiger partial charge in [0.25, 0.3) is 0 Å². The summed E-state index contributed by atoms with van der Waals surface area (Å²) in [5.41, 5.74) is -0.175. The highest BCUT2D eigenvalue weighted by Gasteiger charge is 2.22. The number of hydrogen-bond donors (Lipinski definition) is 2. The predicted octanol–water partition coefficient (Wildman–Crippen LogP) is 0.935. The molecule has 0 saturated heterocycles. The summed E-state index contributed by atoms with van der Waals surface area (Å²) in [6.07, 6.45) is 1.21. The van der Waals surface area contributed by atoms with Crippen LogP contribution in [0.3, 0.4) is 0 Å². The quantitative estimate of drug-likeness (QED) is 0.645. The molecule has 86 valence electrons. The standard InChI is InChI=1S/C11H26N2O/c1-10(2)6-7-13(5)8-11(3,9-14)12-4/h10,12,14H,6-9H2,1-5H3. The molecule has 2 N–H and O–H groups in total. The van der Waals surface area contributed by atoms with Gasteiger partial charge in [0.2, 0.25) is 0 Å². The van der Waals surface area contributed by atoms with Crippen LogP contribution in [-0.2, 0) is 0 Å². The zero-order chi connectivity index (χ0) is 11.2. The van der Waals surface area contributed by atoms with Crippen molar-refractivity contribution < 1.29 is 5.11 Å². The topological polar surface area (TPSA) is 35.5 Å². The Morgan fingerprint density at radius 3 is 2.36 bits per heavy atom. The molecule has 0 fully saturated rings. The van der Waals surface area contributed by atoms with Crippen LogP contribution in [-0.4, -0.2) is 49.3 Å². The van der Waals surface area contributed by atoms with Crippen LogP contribution in [0.5, 0.6) is 0 Å². The molecule has 0 rings (SSSR count). The number of likely N-dealkylation sites (N-methyl/N-ethyl adjacent to an activating group) is 2. The van der Waals surface area contributed by atoms with Crippen molar-refractivity contribution in [2.45, 2.75) is 32.7 Å². The minimum atomic E-state index is -0.175. The number of hydrogen-bond acceptors (Lipinski definition) is 3. The molecule has 3 heteroatoms. The van der Waals surface area contributed by atoms with Crippen molar-refractivity contribution in [2.24, 2.45) is 5.92 Å². The second-order valence-electron chi connectivity index (χ2n) is 4.89. The molecule has 0 heterocycles. The Kier molecular flexibility index (Phi) is 6.33. The predicted molar refractivity (Wildman–Crippen MR) is 61.5 cm³/mol. The molecule has 0 aromatic rings. The van der Waals surface area contributed by atoms with Crippen molar-refractivity contribution in [1.82, 2.24) is 10.2 Å². The fourth-order valence-electron chi connectivity index (χ4n) is 1.36. The van der Waals surface area contributed by atoms with Gasteiger partial charge in [0.05, 0.1) is 12.1 Å². The van der Waals surface area contributed by atoms with Crippen LogP contribution in [0.15, 0.2) is 0 Å². The van der Waals surface area contributed by atoms with Gasteiger partial charge >= 0.3 is 0 Å². The van der Waals surface area contributed by atoms with E-state index >= 15 is 0 Å².